The molecule has 0 saturated heterocycles. The highest BCUT2D eigenvalue weighted by molar-refractivity contribution is 6.34. The lowest BCUT2D eigenvalue weighted by Crippen LogP contribution is -2.14. The van der Waals surface area contributed by atoms with Gasteiger partial charge in [0.05, 0.1) is 10.6 Å². The predicted molar refractivity (Wildman–Crippen MR) is 99.6 cm³/mol. The predicted octanol–water partition coefficient (Wildman–Crippen LogP) is 5.34. The lowest BCUT2D eigenvalue weighted by Gasteiger charge is -2.10. The first-order chi connectivity index (χ1) is 12.1. The molecule has 0 radical (unpaired) electrons. The summed E-state index contributed by atoms with van der Waals surface area (Å²) in [5.74, 6) is -1.22. The van der Waals surface area contributed by atoms with Crippen molar-refractivity contribution >= 4 is 28.9 Å². The number of halogens is 2. The van der Waals surface area contributed by atoms with Gasteiger partial charge in [-0.05, 0) is 42.0 Å². The molecular weight excluding hydrogens is 339 g/mol. The normalized spacial score (nSPS) is 10.3. The van der Waals surface area contributed by atoms with Gasteiger partial charge in [-0.2, -0.15) is 0 Å². The molecule has 3 nitrogen and oxygen atoms in total. The molecule has 0 aliphatic rings. The van der Waals surface area contributed by atoms with Crippen molar-refractivity contribution in [1.82, 2.24) is 0 Å². The fourth-order valence-corrected chi connectivity index (χ4v) is 2.63. The van der Waals surface area contributed by atoms with Gasteiger partial charge in [0.2, 0.25) is 0 Å². The third kappa shape index (κ3) is 4.37. The van der Waals surface area contributed by atoms with Crippen molar-refractivity contribution in [2.45, 2.75) is 6.54 Å². The largest absolute Gasteiger partial charge is 0.381 e. The number of amides is 1. The maximum Gasteiger partial charge on any atom is 0.260 e. The van der Waals surface area contributed by atoms with Crippen molar-refractivity contribution in [3.05, 3.63) is 94.8 Å². The first kappa shape index (κ1) is 17.0. The summed E-state index contributed by atoms with van der Waals surface area (Å²) in [7, 11) is 0. The molecule has 0 atom stereocenters. The number of carbonyl (C=O) groups excluding carboxylic acids is 1. The molecule has 3 aromatic carbocycles. The van der Waals surface area contributed by atoms with Crippen LogP contribution in [-0.2, 0) is 6.54 Å². The third-order valence-electron chi connectivity index (χ3n) is 3.67. The molecule has 126 valence electrons. The summed E-state index contributed by atoms with van der Waals surface area (Å²) in [5, 5.41) is 6.03. The number of hydrogen-bond donors (Lipinski definition) is 2. The van der Waals surface area contributed by atoms with Gasteiger partial charge in [-0.1, -0.05) is 48.0 Å². The SMILES string of the molecule is O=C(Nc1ccc(NCc2ccccc2)cc1)c1c(F)cccc1Cl. The summed E-state index contributed by atoms with van der Waals surface area (Å²) >= 11 is 5.90. The lowest BCUT2D eigenvalue weighted by atomic mass is 10.2. The minimum Gasteiger partial charge on any atom is -0.381 e. The summed E-state index contributed by atoms with van der Waals surface area (Å²) in [6.07, 6.45) is 0. The van der Waals surface area contributed by atoms with Crippen LogP contribution in [0.25, 0.3) is 0 Å². The van der Waals surface area contributed by atoms with Gasteiger partial charge in [-0.15, -0.1) is 0 Å². The van der Waals surface area contributed by atoms with E-state index in [1.54, 1.807) is 12.1 Å². The Kier molecular flexibility index (Phi) is 5.31. The Bertz CT molecular complexity index is 846. The highest BCUT2D eigenvalue weighted by Crippen LogP contribution is 2.21. The van der Waals surface area contributed by atoms with E-state index in [1.807, 2.05) is 42.5 Å². The number of nitrogens with one attached hydrogen (secondary N) is 2. The zero-order chi connectivity index (χ0) is 17.6. The Morgan fingerprint density at radius 3 is 2.24 bits per heavy atom. The Hall–Kier alpha value is -2.85. The van der Waals surface area contributed by atoms with Crippen LogP contribution in [0.3, 0.4) is 0 Å². The van der Waals surface area contributed by atoms with Crippen LogP contribution in [0.15, 0.2) is 72.8 Å². The first-order valence-electron chi connectivity index (χ1n) is 7.77. The summed E-state index contributed by atoms with van der Waals surface area (Å²) in [6.45, 7) is 0.706. The molecule has 0 heterocycles. The van der Waals surface area contributed by atoms with Gasteiger partial charge in [-0.25, -0.2) is 4.39 Å². The second-order valence-corrected chi connectivity index (χ2v) is 5.87. The van der Waals surface area contributed by atoms with E-state index in [1.165, 1.54) is 23.8 Å². The molecule has 3 aromatic rings. The quantitative estimate of drug-likeness (QED) is 0.649. The standard InChI is InChI=1S/C20H16ClFN2O/c21-17-7-4-8-18(22)19(17)20(25)24-16-11-9-15(10-12-16)23-13-14-5-2-1-3-6-14/h1-12,23H,13H2,(H,24,25). The number of hydrogen-bond acceptors (Lipinski definition) is 2. The molecule has 0 saturated carbocycles. The van der Waals surface area contributed by atoms with Crippen LogP contribution in [0.4, 0.5) is 15.8 Å². The molecule has 0 aliphatic carbocycles. The van der Waals surface area contributed by atoms with Crippen LogP contribution in [-0.4, -0.2) is 5.91 Å². The van der Waals surface area contributed by atoms with E-state index < -0.39 is 11.7 Å². The monoisotopic (exact) mass is 354 g/mol. The van der Waals surface area contributed by atoms with Crippen LogP contribution in [0, 0.1) is 5.82 Å². The minimum atomic E-state index is -0.647. The second kappa shape index (κ2) is 7.81. The number of rotatable bonds is 5. The molecule has 0 aromatic heterocycles. The zero-order valence-corrected chi connectivity index (χ0v) is 14.1. The van der Waals surface area contributed by atoms with Crippen LogP contribution < -0.4 is 10.6 Å². The fourth-order valence-electron chi connectivity index (χ4n) is 2.38. The highest BCUT2D eigenvalue weighted by atomic mass is 35.5. The van der Waals surface area contributed by atoms with Crippen molar-refractivity contribution in [2.75, 3.05) is 10.6 Å². The van der Waals surface area contributed by atoms with Crippen LogP contribution in [0.5, 0.6) is 0 Å². The topological polar surface area (TPSA) is 41.1 Å². The average molecular weight is 355 g/mol. The van der Waals surface area contributed by atoms with E-state index in [0.29, 0.717) is 12.2 Å². The van der Waals surface area contributed by atoms with E-state index in [-0.39, 0.29) is 10.6 Å². The minimum absolute atomic E-state index is 0.0821. The summed E-state index contributed by atoms with van der Waals surface area (Å²) in [6, 6.07) is 21.4. The molecule has 0 spiro atoms. The van der Waals surface area contributed by atoms with Gasteiger partial charge < -0.3 is 10.6 Å². The summed E-state index contributed by atoms with van der Waals surface area (Å²) < 4.78 is 13.8. The average Bonchev–Trinajstić information content (AvgIpc) is 2.62. The molecule has 5 heteroatoms. The Morgan fingerprint density at radius 1 is 0.880 bits per heavy atom. The van der Waals surface area contributed by atoms with Crippen molar-refractivity contribution in [3.8, 4) is 0 Å². The van der Waals surface area contributed by atoms with E-state index in [0.717, 1.165) is 5.69 Å². The smallest absolute Gasteiger partial charge is 0.260 e. The first-order valence-corrected chi connectivity index (χ1v) is 8.14. The van der Waals surface area contributed by atoms with E-state index in [9.17, 15) is 9.18 Å². The van der Waals surface area contributed by atoms with Crippen LogP contribution in [0.2, 0.25) is 5.02 Å². The Balaban J connectivity index is 1.63. The Morgan fingerprint density at radius 2 is 1.56 bits per heavy atom. The maximum atomic E-state index is 13.8. The molecule has 0 bridgehead atoms. The number of benzene rings is 3. The lowest BCUT2D eigenvalue weighted by molar-refractivity contribution is 0.102. The van der Waals surface area contributed by atoms with Gasteiger partial charge in [0, 0.05) is 17.9 Å². The van der Waals surface area contributed by atoms with Crippen molar-refractivity contribution in [1.29, 1.82) is 0 Å². The Labute approximate surface area is 150 Å². The van der Waals surface area contributed by atoms with E-state index in [4.69, 9.17) is 11.6 Å². The third-order valence-corrected chi connectivity index (χ3v) is 3.99. The molecule has 2 N–H and O–H groups in total. The van der Waals surface area contributed by atoms with E-state index in [2.05, 4.69) is 10.6 Å². The molecule has 0 fully saturated rings. The molecule has 25 heavy (non-hydrogen) atoms. The van der Waals surface area contributed by atoms with Crippen LogP contribution >= 0.6 is 11.6 Å². The fraction of sp³-hybridized carbons (Fsp3) is 0.0500. The van der Waals surface area contributed by atoms with Crippen LogP contribution in [0.1, 0.15) is 15.9 Å². The zero-order valence-electron chi connectivity index (χ0n) is 13.3. The van der Waals surface area contributed by atoms with Crippen molar-refractivity contribution in [2.24, 2.45) is 0 Å². The van der Waals surface area contributed by atoms with Gasteiger partial charge in [0.1, 0.15) is 5.82 Å². The molecule has 0 aliphatic heterocycles. The maximum absolute atomic E-state index is 13.8. The van der Waals surface area contributed by atoms with Gasteiger partial charge in [0.15, 0.2) is 0 Å². The highest BCUT2D eigenvalue weighted by Gasteiger charge is 2.15. The summed E-state index contributed by atoms with van der Waals surface area (Å²) in [4.78, 5) is 12.2. The number of carbonyl (C=O) groups is 1. The molecule has 0 unspecified atom stereocenters. The van der Waals surface area contributed by atoms with Crippen molar-refractivity contribution in [3.63, 3.8) is 0 Å². The van der Waals surface area contributed by atoms with Gasteiger partial charge in [-0.3, -0.25) is 4.79 Å². The number of anilines is 2. The second-order valence-electron chi connectivity index (χ2n) is 5.47. The molecule has 3 rings (SSSR count). The van der Waals surface area contributed by atoms with Crippen molar-refractivity contribution < 1.29 is 9.18 Å². The van der Waals surface area contributed by atoms with Gasteiger partial charge in [0.25, 0.3) is 5.91 Å². The molecule has 1 amide bonds. The molecular formula is C20H16ClFN2O. The summed E-state index contributed by atoms with van der Waals surface area (Å²) in [5.41, 5.74) is 2.50. The van der Waals surface area contributed by atoms with E-state index >= 15 is 0 Å². The van der Waals surface area contributed by atoms with Gasteiger partial charge >= 0.3 is 0 Å².